The largest absolute Gasteiger partial charge is 0.268 e. The summed E-state index contributed by atoms with van der Waals surface area (Å²) >= 11 is 3.46. The zero-order chi connectivity index (χ0) is 20.8. The van der Waals surface area contributed by atoms with E-state index >= 15 is 0 Å². The van der Waals surface area contributed by atoms with Crippen molar-refractivity contribution >= 4 is 37.7 Å². The molecule has 0 aliphatic heterocycles. The highest BCUT2D eigenvalue weighted by atomic mass is 79.9. The van der Waals surface area contributed by atoms with Gasteiger partial charge in [-0.3, -0.25) is 9.36 Å². The van der Waals surface area contributed by atoms with Crippen LogP contribution in [0.3, 0.4) is 0 Å². The first-order chi connectivity index (χ1) is 14.5. The van der Waals surface area contributed by atoms with Crippen molar-refractivity contribution in [2.24, 2.45) is 0 Å². The lowest BCUT2D eigenvalue weighted by atomic mass is 10.0. The van der Waals surface area contributed by atoms with Crippen LogP contribution in [-0.2, 0) is 0 Å². The van der Waals surface area contributed by atoms with Crippen LogP contribution >= 0.6 is 15.9 Å². The fraction of sp³-hybridized carbons (Fsp3) is 0.0417. The van der Waals surface area contributed by atoms with E-state index in [1.54, 1.807) is 19.1 Å². The molecule has 4 nitrogen and oxygen atoms in total. The summed E-state index contributed by atoms with van der Waals surface area (Å²) in [4.78, 5) is 23.3. The van der Waals surface area contributed by atoms with Crippen LogP contribution in [0.2, 0.25) is 0 Å². The predicted octanol–water partition coefficient (Wildman–Crippen LogP) is 5.81. The molecule has 0 saturated heterocycles. The van der Waals surface area contributed by atoms with Gasteiger partial charge < -0.3 is 0 Å². The van der Waals surface area contributed by atoms with Crippen LogP contribution in [0.4, 0.5) is 4.39 Å². The number of hydrogen-bond donors (Lipinski definition) is 0. The van der Waals surface area contributed by atoms with Crippen LogP contribution in [0.25, 0.3) is 38.8 Å². The fourth-order valence-electron chi connectivity index (χ4n) is 3.70. The van der Waals surface area contributed by atoms with Crippen molar-refractivity contribution in [2.75, 3.05) is 0 Å². The number of nitrogens with zero attached hydrogens (tertiary/aromatic N) is 3. The van der Waals surface area contributed by atoms with Gasteiger partial charge in [0.2, 0.25) is 0 Å². The first-order valence-corrected chi connectivity index (χ1v) is 10.2. The van der Waals surface area contributed by atoms with E-state index in [4.69, 9.17) is 9.97 Å². The number of fused-ring (bicyclic) bond motifs is 3. The third kappa shape index (κ3) is 3.00. The van der Waals surface area contributed by atoms with Gasteiger partial charge in [0.15, 0.2) is 0 Å². The Balaban J connectivity index is 1.93. The van der Waals surface area contributed by atoms with Gasteiger partial charge in [-0.15, -0.1) is 0 Å². The average molecular weight is 460 g/mol. The molecule has 0 aliphatic carbocycles. The highest BCUT2D eigenvalue weighted by molar-refractivity contribution is 9.10. The van der Waals surface area contributed by atoms with E-state index in [1.807, 2.05) is 48.5 Å². The number of para-hydroxylation sites is 1. The van der Waals surface area contributed by atoms with E-state index in [0.29, 0.717) is 28.1 Å². The van der Waals surface area contributed by atoms with Gasteiger partial charge >= 0.3 is 0 Å². The van der Waals surface area contributed by atoms with Crippen molar-refractivity contribution in [2.45, 2.75) is 6.92 Å². The number of aromatic nitrogens is 3. The molecule has 5 rings (SSSR count). The highest BCUT2D eigenvalue weighted by Crippen LogP contribution is 2.30. The van der Waals surface area contributed by atoms with Crippen molar-refractivity contribution in [3.8, 4) is 16.9 Å². The normalized spacial score (nSPS) is 11.3. The lowest BCUT2D eigenvalue weighted by molar-refractivity contribution is 0.627. The Kier molecular flexibility index (Phi) is 4.44. The topological polar surface area (TPSA) is 47.8 Å². The minimum Gasteiger partial charge on any atom is -0.268 e. The molecule has 30 heavy (non-hydrogen) atoms. The van der Waals surface area contributed by atoms with Gasteiger partial charge in [0, 0.05) is 15.4 Å². The van der Waals surface area contributed by atoms with Gasteiger partial charge in [0.1, 0.15) is 17.2 Å². The summed E-state index contributed by atoms with van der Waals surface area (Å²) in [5.74, 6) is 0.153. The standard InChI is InChI=1S/C24H15BrFN3O/c1-14-27-23-21(24(30)29(14)18-12-10-17(26)11-13-18)19-4-2-3-5-20(19)28-22(23)15-6-8-16(25)9-7-15/h2-13H,1H3. The molecule has 0 radical (unpaired) electrons. The Bertz CT molecular complexity index is 1480. The van der Waals surface area contributed by atoms with E-state index in [0.717, 1.165) is 20.9 Å². The molecule has 0 bridgehead atoms. The molecule has 0 amide bonds. The van der Waals surface area contributed by atoms with Crippen LogP contribution in [-0.4, -0.2) is 14.5 Å². The van der Waals surface area contributed by atoms with Crippen molar-refractivity contribution < 1.29 is 4.39 Å². The number of benzene rings is 3. The molecule has 0 spiro atoms. The van der Waals surface area contributed by atoms with E-state index in [-0.39, 0.29) is 11.4 Å². The molecule has 5 aromatic rings. The maximum absolute atomic E-state index is 13.7. The van der Waals surface area contributed by atoms with Crippen LogP contribution in [0.1, 0.15) is 5.82 Å². The van der Waals surface area contributed by atoms with Gasteiger partial charge in [0.05, 0.1) is 22.3 Å². The minimum absolute atomic E-state index is 0.207. The van der Waals surface area contributed by atoms with Crippen molar-refractivity contribution in [1.29, 1.82) is 0 Å². The summed E-state index contributed by atoms with van der Waals surface area (Å²) < 4.78 is 15.9. The summed E-state index contributed by atoms with van der Waals surface area (Å²) in [7, 11) is 0. The lowest BCUT2D eigenvalue weighted by Crippen LogP contribution is -2.23. The first-order valence-electron chi connectivity index (χ1n) is 9.37. The Morgan fingerprint density at radius 1 is 0.900 bits per heavy atom. The summed E-state index contributed by atoms with van der Waals surface area (Å²) in [5, 5.41) is 1.23. The van der Waals surface area contributed by atoms with Crippen molar-refractivity contribution in [3.63, 3.8) is 0 Å². The van der Waals surface area contributed by atoms with Crippen LogP contribution in [0.15, 0.2) is 82.1 Å². The fourth-order valence-corrected chi connectivity index (χ4v) is 3.97. The molecular formula is C24H15BrFN3O. The number of rotatable bonds is 2. The zero-order valence-corrected chi connectivity index (χ0v) is 17.5. The number of halogens is 2. The third-order valence-electron chi connectivity index (χ3n) is 5.08. The maximum atomic E-state index is 13.7. The molecule has 3 aromatic carbocycles. The number of hydrogen-bond acceptors (Lipinski definition) is 3. The van der Waals surface area contributed by atoms with Crippen molar-refractivity contribution in [3.05, 3.63) is 99.3 Å². The molecular weight excluding hydrogens is 445 g/mol. The second-order valence-corrected chi connectivity index (χ2v) is 7.90. The third-order valence-corrected chi connectivity index (χ3v) is 5.61. The van der Waals surface area contributed by atoms with Gasteiger partial charge in [-0.2, -0.15) is 0 Å². The zero-order valence-electron chi connectivity index (χ0n) is 15.9. The summed E-state index contributed by atoms with van der Waals surface area (Å²) in [5.41, 5.74) is 3.16. The Labute approximate surface area is 179 Å². The average Bonchev–Trinajstić information content (AvgIpc) is 2.75. The number of aryl methyl sites for hydroxylation is 1. The Morgan fingerprint density at radius 3 is 2.33 bits per heavy atom. The maximum Gasteiger partial charge on any atom is 0.266 e. The van der Waals surface area contributed by atoms with E-state index in [2.05, 4.69) is 15.9 Å². The van der Waals surface area contributed by atoms with Gasteiger partial charge in [-0.1, -0.05) is 46.3 Å². The molecule has 2 aromatic heterocycles. The molecule has 2 heterocycles. The molecule has 0 fully saturated rings. The molecule has 0 saturated carbocycles. The summed E-state index contributed by atoms with van der Waals surface area (Å²) in [6.07, 6.45) is 0. The molecule has 6 heteroatoms. The molecule has 0 aliphatic rings. The van der Waals surface area contributed by atoms with Gasteiger partial charge in [0.25, 0.3) is 5.56 Å². The first kappa shape index (κ1) is 18.6. The monoisotopic (exact) mass is 459 g/mol. The number of pyridine rings is 1. The second-order valence-electron chi connectivity index (χ2n) is 6.98. The smallest absolute Gasteiger partial charge is 0.266 e. The van der Waals surface area contributed by atoms with Crippen molar-refractivity contribution in [1.82, 2.24) is 14.5 Å². The van der Waals surface area contributed by atoms with Crippen LogP contribution in [0.5, 0.6) is 0 Å². The predicted molar refractivity (Wildman–Crippen MR) is 120 cm³/mol. The van der Waals surface area contributed by atoms with Gasteiger partial charge in [-0.25, -0.2) is 14.4 Å². The van der Waals surface area contributed by atoms with Crippen LogP contribution in [0, 0.1) is 12.7 Å². The summed E-state index contributed by atoms with van der Waals surface area (Å²) in [6, 6.07) is 21.1. The second kappa shape index (κ2) is 7.15. The minimum atomic E-state index is -0.356. The molecule has 0 unspecified atom stereocenters. The summed E-state index contributed by atoms with van der Waals surface area (Å²) in [6.45, 7) is 1.77. The quantitative estimate of drug-likeness (QED) is 0.313. The molecule has 146 valence electrons. The van der Waals surface area contributed by atoms with Crippen LogP contribution < -0.4 is 5.56 Å². The van der Waals surface area contributed by atoms with Gasteiger partial charge in [-0.05, 0) is 49.4 Å². The Morgan fingerprint density at radius 2 is 1.60 bits per heavy atom. The van der Waals surface area contributed by atoms with E-state index < -0.39 is 0 Å². The SMILES string of the molecule is Cc1nc2c(-c3ccc(Br)cc3)nc3ccccc3c2c(=O)n1-c1ccc(F)cc1. The molecule has 0 N–H and O–H groups in total. The molecule has 0 atom stereocenters. The van der Waals surface area contributed by atoms with E-state index in [9.17, 15) is 9.18 Å². The lowest BCUT2D eigenvalue weighted by Gasteiger charge is -2.14. The highest BCUT2D eigenvalue weighted by Gasteiger charge is 2.18. The Hall–Kier alpha value is -3.38. The van der Waals surface area contributed by atoms with E-state index in [1.165, 1.54) is 16.7 Å².